The number of rotatable bonds is 3. The minimum atomic E-state index is -2.68. The third kappa shape index (κ3) is 2.97. The number of phenols is 1. The number of halogens is 1. The van der Waals surface area contributed by atoms with Gasteiger partial charge in [0.25, 0.3) is 0 Å². The molecule has 36 heavy (non-hydrogen) atoms. The Morgan fingerprint density at radius 1 is 1.11 bits per heavy atom. The summed E-state index contributed by atoms with van der Waals surface area (Å²) < 4.78 is 14.7. The normalized spacial score (nSPS) is 32.1. The lowest BCUT2D eigenvalue weighted by Gasteiger charge is -2.59. The number of fused-ring (bicyclic) bond motifs is 3. The van der Waals surface area contributed by atoms with Crippen LogP contribution in [-0.2, 0) is 16.0 Å². The van der Waals surface area contributed by atoms with Crippen LogP contribution in [0.4, 0.5) is 4.39 Å². The highest BCUT2D eigenvalue weighted by atomic mass is 19.1. The molecular formula is C28H33FO7. The number of phenolic OH excluding ortho intramolecular Hbond substituents is 1. The summed E-state index contributed by atoms with van der Waals surface area (Å²) in [5.74, 6) is -7.40. The third-order valence-electron chi connectivity index (χ3n) is 8.62. The number of ketones is 3. The SMILES string of the molecule is CC(=O)C1=C(O)C(C(C)C)[C@@]2(C)C[C@@]3(C)Cc4c(C(C)C)cc(F)c(O)c4C(=O)C3=C(O)[C@@]2(O)C1=O. The smallest absolute Gasteiger partial charge is 0.209 e. The topological polar surface area (TPSA) is 132 Å². The highest BCUT2D eigenvalue weighted by Gasteiger charge is 2.71. The van der Waals surface area contributed by atoms with Crippen molar-refractivity contribution in [2.75, 3.05) is 0 Å². The van der Waals surface area contributed by atoms with Crippen molar-refractivity contribution in [1.82, 2.24) is 0 Å². The predicted molar refractivity (Wildman–Crippen MR) is 129 cm³/mol. The lowest BCUT2D eigenvalue weighted by Crippen LogP contribution is -2.67. The number of aliphatic hydroxyl groups is 3. The molecule has 7 nitrogen and oxygen atoms in total. The van der Waals surface area contributed by atoms with Crippen molar-refractivity contribution in [2.24, 2.45) is 22.7 Å². The Bertz CT molecular complexity index is 1300. The van der Waals surface area contributed by atoms with Crippen LogP contribution in [0, 0.1) is 28.5 Å². The van der Waals surface area contributed by atoms with Gasteiger partial charge in [-0.1, -0.05) is 41.5 Å². The number of carbonyl (C=O) groups excluding carboxylic acids is 3. The zero-order valence-electron chi connectivity index (χ0n) is 21.6. The van der Waals surface area contributed by atoms with Gasteiger partial charge in [0.05, 0.1) is 5.56 Å². The summed E-state index contributed by atoms with van der Waals surface area (Å²) in [6.07, 6.45) is 0.129. The fourth-order valence-corrected chi connectivity index (χ4v) is 7.31. The van der Waals surface area contributed by atoms with E-state index in [0.29, 0.717) is 11.1 Å². The van der Waals surface area contributed by atoms with E-state index in [-0.39, 0.29) is 35.8 Å². The fourth-order valence-electron chi connectivity index (χ4n) is 7.31. The van der Waals surface area contributed by atoms with E-state index in [1.54, 1.807) is 27.7 Å². The molecule has 3 aliphatic carbocycles. The molecule has 1 aromatic carbocycles. The first-order chi connectivity index (χ1) is 16.5. The van der Waals surface area contributed by atoms with Gasteiger partial charge >= 0.3 is 0 Å². The second kappa shape index (κ2) is 7.75. The maximum Gasteiger partial charge on any atom is 0.209 e. The Hall–Kier alpha value is -3.00. The van der Waals surface area contributed by atoms with Crippen molar-refractivity contribution < 1.29 is 39.2 Å². The molecule has 4 N–H and O–H groups in total. The summed E-state index contributed by atoms with van der Waals surface area (Å²) >= 11 is 0. The van der Waals surface area contributed by atoms with Crippen molar-refractivity contribution in [1.29, 1.82) is 0 Å². The molecule has 0 aromatic heterocycles. The number of Topliss-reactive ketones (excluding diaryl/α,β-unsaturated/α-hetero) is 3. The zero-order valence-corrected chi connectivity index (χ0v) is 21.6. The van der Waals surface area contributed by atoms with E-state index in [9.17, 15) is 39.2 Å². The van der Waals surface area contributed by atoms with Crippen molar-refractivity contribution in [3.05, 3.63) is 51.2 Å². The van der Waals surface area contributed by atoms with Crippen molar-refractivity contribution in [3.8, 4) is 5.75 Å². The first kappa shape index (κ1) is 26.1. The maximum absolute atomic E-state index is 14.7. The number of aromatic hydroxyl groups is 1. The van der Waals surface area contributed by atoms with Crippen LogP contribution in [0.3, 0.4) is 0 Å². The predicted octanol–water partition coefficient (Wildman–Crippen LogP) is 4.61. The maximum atomic E-state index is 14.7. The highest BCUT2D eigenvalue weighted by molar-refractivity contribution is 6.25. The number of allylic oxidation sites excluding steroid dienone is 2. The first-order valence-corrected chi connectivity index (χ1v) is 12.2. The van der Waals surface area contributed by atoms with Crippen LogP contribution in [0.25, 0.3) is 0 Å². The molecule has 0 saturated heterocycles. The molecular weight excluding hydrogens is 467 g/mol. The summed E-state index contributed by atoms with van der Waals surface area (Å²) in [5.41, 5.74) is -5.48. The van der Waals surface area contributed by atoms with Gasteiger partial charge in [0, 0.05) is 22.3 Å². The number of carbonyl (C=O) groups is 3. The van der Waals surface area contributed by atoms with Gasteiger partial charge in [-0.15, -0.1) is 0 Å². The van der Waals surface area contributed by atoms with E-state index in [4.69, 9.17) is 0 Å². The van der Waals surface area contributed by atoms with Gasteiger partial charge in [-0.05, 0) is 48.8 Å². The summed E-state index contributed by atoms with van der Waals surface area (Å²) in [5, 5.41) is 45.2. The van der Waals surface area contributed by atoms with Gasteiger partial charge in [0.15, 0.2) is 28.7 Å². The van der Waals surface area contributed by atoms with Crippen LogP contribution in [0.1, 0.15) is 82.3 Å². The van der Waals surface area contributed by atoms with Crippen LogP contribution in [0.15, 0.2) is 28.7 Å². The molecule has 4 rings (SSSR count). The average molecular weight is 501 g/mol. The van der Waals surface area contributed by atoms with Crippen molar-refractivity contribution in [3.63, 3.8) is 0 Å². The lowest BCUT2D eigenvalue weighted by atomic mass is 9.44. The van der Waals surface area contributed by atoms with Crippen LogP contribution in [0.2, 0.25) is 0 Å². The highest BCUT2D eigenvalue weighted by Crippen LogP contribution is 2.65. The average Bonchev–Trinajstić information content (AvgIpc) is 2.72. The second-order valence-corrected chi connectivity index (χ2v) is 11.8. The Labute approximate surface area is 209 Å². The Kier molecular flexibility index (Phi) is 5.61. The van der Waals surface area contributed by atoms with E-state index in [2.05, 4.69) is 0 Å². The third-order valence-corrected chi connectivity index (χ3v) is 8.62. The standard InChI is InChI=1S/C28H33FO7/c1-11(2)14-8-16(29)21(31)18-15(14)9-26(6)10-27(7)19(12(3)4)22(32)17(13(5)30)24(34)28(27,36)25(35)20(26)23(18)33/h8,11-12,19,31-32,35-36H,9-10H2,1-7H3/t19?,26-,27-,28+/m1/s1. The Balaban J connectivity index is 2.10. The first-order valence-electron chi connectivity index (χ1n) is 12.2. The molecule has 1 aromatic rings. The molecule has 1 unspecified atom stereocenters. The van der Waals surface area contributed by atoms with Crippen LogP contribution >= 0.6 is 0 Å². The monoisotopic (exact) mass is 500 g/mol. The van der Waals surface area contributed by atoms with Crippen LogP contribution < -0.4 is 0 Å². The molecule has 0 spiro atoms. The summed E-state index contributed by atoms with van der Waals surface area (Å²) in [7, 11) is 0. The fraction of sp³-hybridized carbons (Fsp3) is 0.536. The number of hydrogen-bond donors (Lipinski definition) is 4. The molecule has 3 aliphatic rings. The zero-order chi connectivity index (χ0) is 27.3. The summed E-state index contributed by atoms with van der Waals surface area (Å²) in [6, 6.07) is 1.21. The largest absolute Gasteiger partial charge is 0.511 e. The number of hydrogen-bond acceptors (Lipinski definition) is 7. The van der Waals surface area contributed by atoms with Crippen LogP contribution in [0.5, 0.6) is 5.75 Å². The van der Waals surface area contributed by atoms with E-state index in [0.717, 1.165) is 6.92 Å². The van der Waals surface area contributed by atoms with Gasteiger partial charge in [-0.25, -0.2) is 4.39 Å². The van der Waals surface area contributed by atoms with E-state index >= 15 is 0 Å². The second-order valence-electron chi connectivity index (χ2n) is 11.8. The lowest BCUT2D eigenvalue weighted by molar-refractivity contribution is -0.171. The summed E-state index contributed by atoms with van der Waals surface area (Å²) in [4.78, 5) is 39.8. The number of benzene rings is 1. The molecule has 0 amide bonds. The molecule has 0 heterocycles. The molecule has 0 fully saturated rings. The van der Waals surface area contributed by atoms with Gasteiger partial charge in [0.1, 0.15) is 17.1 Å². The molecule has 4 atom stereocenters. The minimum absolute atomic E-state index is 0.000574. The molecule has 0 aliphatic heterocycles. The Morgan fingerprint density at radius 2 is 1.69 bits per heavy atom. The quantitative estimate of drug-likeness (QED) is 0.446. The van der Waals surface area contributed by atoms with Gasteiger partial charge < -0.3 is 20.4 Å². The van der Waals surface area contributed by atoms with Gasteiger partial charge in [0.2, 0.25) is 5.78 Å². The summed E-state index contributed by atoms with van der Waals surface area (Å²) in [6.45, 7) is 11.6. The minimum Gasteiger partial charge on any atom is -0.511 e. The molecule has 8 heteroatoms. The Morgan fingerprint density at radius 3 is 2.19 bits per heavy atom. The van der Waals surface area contributed by atoms with E-state index < -0.39 is 68.4 Å². The van der Waals surface area contributed by atoms with Crippen molar-refractivity contribution in [2.45, 2.75) is 72.8 Å². The number of aliphatic hydroxyl groups excluding tert-OH is 2. The molecule has 0 radical (unpaired) electrons. The van der Waals surface area contributed by atoms with Crippen molar-refractivity contribution >= 4 is 17.3 Å². The molecule has 0 bridgehead atoms. The van der Waals surface area contributed by atoms with Gasteiger partial charge in [-0.3, -0.25) is 14.4 Å². The van der Waals surface area contributed by atoms with Gasteiger partial charge in [-0.2, -0.15) is 0 Å². The van der Waals surface area contributed by atoms with E-state index in [1.807, 2.05) is 13.8 Å². The molecule has 194 valence electrons. The van der Waals surface area contributed by atoms with Crippen LogP contribution in [-0.4, -0.2) is 43.4 Å². The van der Waals surface area contributed by atoms with E-state index in [1.165, 1.54) is 6.07 Å². The molecule has 0 saturated carbocycles.